The van der Waals surface area contributed by atoms with Gasteiger partial charge < -0.3 is 15.3 Å². The molecule has 6 heteroatoms. The van der Waals surface area contributed by atoms with Crippen LogP contribution in [0, 0.1) is 5.92 Å². The number of nitrogens with one attached hydrogen (secondary N) is 1. The van der Waals surface area contributed by atoms with Crippen LogP contribution in [0.3, 0.4) is 0 Å². The molecular weight excluding hydrogens is 212 g/mol. The lowest BCUT2D eigenvalue weighted by Gasteiger charge is -2.22. The number of aliphatic carboxylic acids is 1. The Labute approximate surface area is 92.6 Å². The third-order valence-electron chi connectivity index (χ3n) is 2.90. The molecular formula is C10H14N2O4. The summed E-state index contributed by atoms with van der Waals surface area (Å²) < 4.78 is 0. The van der Waals surface area contributed by atoms with Crippen LogP contribution >= 0.6 is 0 Å². The van der Waals surface area contributed by atoms with Crippen molar-refractivity contribution in [1.29, 1.82) is 0 Å². The van der Waals surface area contributed by atoms with Gasteiger partial charge in [-0.3, -0.25) is 14.4 Å². The molecule has 2 N–H and O–H groups in total. The van der Waals surface area contributed by atoms with Gasteiger partial charge in [-0.05, 0) is 12.8 Å². The van der Waals surface area contributed by atoms with Crippen molar-refractivity contribution < 1.29 is 19.5 Å². The largest absolute Gasteiger partial charge is 0.480 e. The Bertz CT molecular complexity index is 338. The van der Waals surface area contributed by atoms with Gasteiger partial charge in [0.25, 0.3) is 0 Å². The molecule has 0 aromatic rings. The zero-order valence-electron chi connectivity index (χ0n) is 8.81. The highest BCUT2D eigenvalue weighted by molar-refractivity contribution is 5.90. The Hall–Kier alpha value is -1.59. The van der Waals surface area contributed by atoms with Gasteiger partial charge in [0.15, 0.2) is 0 Å². The molecule has 0 bridgehead atoms. The van der Waals surface area contributed by atoms with Crippen molar-refractivity contribution in [2.75, 3.05) is 13.1 Å². The fourth-order valence-electron chi connectivity index (χ4n) is 1.93. The maximum Gasteiger partial charge on any atom is 0.323 e. The van der Waals surface area contributed by atoms with Crippen LogP contribution in [0.5, 0.6) is 0 Å². The number of amides is 2. The van der Waals surface area contributed by atoms with Crippen LogP contribution in [0.25, 0.3) is 0 Å². The molecule has 2 aliphatic rings. The molecule has 88 valence electrons. The number of hydrogen-bond acceptors (Lipinski definition) is 3. The molecule has 6 nitrogen and oxygen atoms in total. The van der Waals surface area contributed by atoms with Gasteiger partial charge >= 0.3 is 5.97 Å². The third kappa shape index (κ3) is 2.32. The number of carbonyl (C=O) groups excluding carboxylic acids is 2. The molecule has 0 spiro atoms. The quantitative estimate of drug-likeness (QED) is 0.657. The van der Waals surface area contributed by atoms with E-state index in [4.69, 9.17) is 5.11 Å². The Morgan fingerprint density at radius 1 is 1.44 bits per heavy atom. The van der Waals surface area contributed by atoms with Crippen LogP contribution in [-0.2, 0) is 14.4 Å². The Kier molecular flexibility index (Phi) is 2.80. The molecule has 1 aliphatic carbocycles. The fourth-order valence-corrected chi connectivity index (χ4v) is 1.93. The number of nitrogens with zero attached hydrogens (tertiary/aromatic N) is 1. The van der Waals surface area contributed by atoms with E-state index in [0.29, 0.717) is 6.54 Å². The second-order valence-electron chi connectivity index (χ2n) is 4.30. The lowest BCUT2D eigenvalue weighted by molar-refractivity contribution is -0.146. The van der Waals surface area contributed by atoms with Crippen LogP contribution in [-0.4, -0.2) is 46.9 Å². The molecule has 16 heavy (non-hydrogen) atoms. The first-order chi connectivity index (χ1) is 7.58. The normalized spacial score (nSPS) is 24.0. The molecule has 2 amide bonds. The first-order valence-electron chi connectivity index (χ1n) is 5.37. The van der Waals surface area contributed by atoms with Gasteiger partial charge in [-0.25, -0.2) is 0 Å². The second-order valence-corrected chi connectivity index (χ2v) is 4.30. The minimum Gasteiger partial charge on any atom is -0.480 e. The molecule has 2 fully saturated rings. The average Bonchev–Trinajstić information content (AvgIpc) is 2.96. The summed E-state index contributed by atoms with van der Waals surface area (Å²) in [6.45, 7) is 0.0781. The zero-order valence-corrected chi connectivity index (χ0v) is 8.81. The summed E-state index contributed by atoms with van der Waals surface area (Å²) in [6.07, 6.45) is 1.92. The van der Waals surface area contributed by atoms with E-state index in [-0.39, 0.29) is 36.7 Å². The highest BCUT2D eigenvalue weighted by Gasteiger charge is 2.39. The minimum atomic E-state index is -1.00. The van der Waals surface area contributed by atoms with Crippen molar-refractivity contribution in [2.45, 2.75) is 25.3 Å². The summed E-state index contributed by atoms with van der Waals surface area (Å²) in [5.41, 5.74) is 0. The maximum atomic E-state index is 12.0. The van der Waals surface area contributed by atoms with E-state index in [2.05, 4.69) is 5.32 Å². The van der Waals surface area contributed by atoms with Gasteiger partial charge in [-0.1, -0.05) is 0 Å². The van der Waals surface area contributed by atoms with Crippen LogP contribution in [0.1, 0.15) is 19.3 Å². The van der Waals surface area contributed by atoms with Crippen molar-refractivity contribution in [2.24, 2.45) is 5.92 Å². The van der Waals surface area contributed by atoms with Gasteiger partial charge in [0.05, 0.1) is 5.92 Å². The predicted octanol–water partition coefficient (Wildman–Crippen LogP) is -0.802. The smallest absolute Gasteiger partial charge is 0.323 e. The van der Waals surface area contributed by atoms with Crippen LogP contribution in [0.2, 0.25) is 0 Å². The first-order valence-corrected chi connectivity index (χ1v) is 5.37. The summed E-state index contributed by atoms with van der Waals surface area (Å²) >= 11 is 0. The number of rotatable bonds is 4. The zero-order chi connectivity index (χ0) is 11.7. The molecule has 1 atom stereocenters. The molecule has 1 unspecified atom stereocenters. The maximum absolute atomic E-state index is 12.0. The molecule has 0 aromatic heterocycles. The fraction of sp³-hybridized carbons (Fsp3) is 0.700. The molecule has 0 radical (unpaired) electrons. The van der Waals surface area contributed by atoms with Crippen molar-refractivity contribution in [3.63, 3.8) is 0 Å². The molecule has 1 aliphatic heterocycles. The van der Waals surface area contributed by atoms with E-state index in [1.807, 2.05) is 0 Å². The second kappa shape index (κ2) is 4.11. The van der Waals surface area contributed by atoms with E-state index in [1.165, 1.54) is 4.90 Å². The number of carboxylic acid groups (broad SMARTS) is 1. The van der Waals surface area contributed by atoms with Crippen molar-refractivity contribution >= 4 is 17.8 Å². The standard InChI is InChI=1S/C10H14N2O4/c13-8-3-6(4-11-8)10(16)12(5-9(14)15)7-1-2-7/h6-7H,1-5H2,(H,11,13)(H,14,15). The van der Waals surface area contributed by atoms with Gasteiger partial charge in [-0.2, -0.15) is 0 Å². The van der Waals surface area contributed by atoms with Gasteiger partial charge in [-0.15, -0.1) is 0 Å². The number of carboxylic acids is 1. The van der Waals surface area contributed by atoms with Crippen LogP contribution in [0.4, 0.5) is 0 Å². The summed E-state index contributed by atoms with van der Waals surface area (Å²) in [5, 5.41) is 11.3. The van der Waals surface area contributed by atoms with Crippen molar-refractivity contribution in [3.8, 4) is 0 Å². The van der Waals surface area contributed by atoms with Crippen molar-refractivity contribution in [1.82, 2.24) is 10.2 Å². The van der Waals surface area contributed by atoms with Gasteiger partial charge in [0, 0.05) is 19.0 Å². The summed E-state index contributed by atoms with van der Waals surface area (Å²) in [4.78, 5) is 35.0. The monoisotopic (exact) mass is 226 g/mol. The predicted molar refractivity (Wildman–Crippen MR) is 53.5 cm³/mol. The lowest BCUT2D eigenvalue weighted by Crippen LogP contribution is -2.41. The van der Waals surface area contributed by atoms with E-state index in [9.17, 15) is 14.4 Å². The Morgan fingerprint density at radius 2 is 2.12 bits per heavy atom. The number of carbonyl (C=O) groups is 3. The lowest BCUT2D eigenvalue weighted by atomic mass is 10.1. The molecule has 1 saturated heterocycles. The molecule has 1 saturated carbocycles. The third-order valence-corrected chi connectivity index (χ3v) is 2.90. The molecule has 2 rings (SSSR count). The Morgan fingerprint density at radius 3 is 2.56 bits per heavy atom. The van der Waals surface area contributed by atoms with Crippen LogP contribution in [0.15, 0.2) is 0 Å². The summed E-state index contributed by atoms with van der Waals surface area (Å²) in [6, 6.07) is 0.0688. The van der Waals surface area contributed by atoms with Crippen molar-refractivity contribution in [3.05, 3.63) is 0 Å². The highest BCUT2D eigenvalue weighted by Crippen LogP contribution is 2.28. The summed E-state index contributed by atoms with van der Waals surface area (Å²) in [5.74, 6) is -1.72. The van der Waals surface area contributed by atoms with Crippen LogP contribution < -0.4 is 5.32 Å². The molecule has 0 aromatic carbocycles. The Balaban J connectivity index is 1.99. The van der Waals surface area contributed by atoms with E-state index in [1.54, 1.807) is 0 Å². The van der Waals surface area contributed by atoms with E-state index in [0.717, 1.165) is 12.8 Å². The first kappa shape index (κ1) is 10.9. The van der Waals surface area contributed by atoms with E-state index >= 15 is 0 Å². The number of hydrogen-bond donors (Lipinski definition) is 2. The average molecular weight is 226 g/mol. The summed E-state index contributed by atoms with van der Waals surface area (Å²) in [7, 11) is 0. The minimum absolute atomic E-state index is 0.0688. The van der Waals surface area contributed by atoms with Gasteiger partial charge in [0.1, 0.15) is 6.54 Å². The SMILES string of the molecule is O=C(O)CN(C(=O)C1CNC(=O)C1)C1CC1. The molecule has 1 heterocycles. The highest BCUT2D eigenvalue weighted by atomic mass is 16.4. The van der Waals surface area contributed by atoms with E-state index < -0.39 is 5.97 Å². The van der Waals surface area contributed by atoms with Gasteiger partial charge in [0.2, 0.25) is 11.8 Å². The topological polar surface area (TPSA) is 86.7 Å².